The lowest BCUT2D eigenvalue weighted by atomic mass is 9.90. The third kappa shape index (κ3) is 5.23. The van der Waals surface area contributed by atoms with Gasteiger partial charge in [-0.05, 0) is 56.2 Å². The lowest BCUT2D eigenvalue weighted by molar-refractivity contribution is -0.129. The number of nitrogens with two attached hydrogens (primary N) is 1. The highest BCUT2D eigenvalue weighted by Gasteiger charge is 2.54. The lowest BCUT2D eigenvalue weighted by Crippen LogP contribution is -2.42. The Hall–Kier alpha value is -4.10. The van der Waals surface area contributed by atoms with E-state index in [1.165, 1.54) is 12.1 Å². The number of nitrogen functional groups attached to an aromatic ring is 1. The Labute approximate surface area is 318 Å². The van der Waals surface area contributed by atoms with E-state index >= 15 is 8.78 Å². The fraction of sp³-hybridized carbons (Fsp3) is 0.526. The van der Waals surface area contributed by atoms with Gasteiger partial charge in [-0.25, -0.2) is 13.2 Å². The molecule has 5 fully saturated rings. The van der Waals surface area contributed by atoms with E-state index in [1.807, 2.05) is 22.9 Å². The van der Waals surface area contributed by atoms with E-state index in [4.69, 9.17) is 31.8 Å². The van der Waals surface area contributed by atoms with Crippen LogP contribution in [0.3, 0.4) is 0 Å². The normalized spacial score (nSPS) is 28.9. The largest absolute Gasteiger partial charge is 0.491 e. The lowest BCUT2D eigenvalue weighted by Gasteiger charge is -2.34. The summed E-state index contributed by atoms with van der Waals surface area (Å²) in [5, 5.41) is 13.8. The third-order valence-corrected chi connectivity index (χ3v) is 14.1. The molecule has 2 unspecified atom stereocenters. The topological polar surface area (TPSA) is 143 Å². The first-order valence-electron chi connectivity index (χ1n) is 18.6. The first-order chi connectivity index (χ1) is 26.1. The summed E-state index contributed by atoms with van der Waals surface area (Å²) in [6.07, 6.45) is 4.28. The van der Waals surface area contributed by atoms with E-state index in [2.05, 4.69) is 15.2 Å². The van der Waals surface area contributed by atoms with Crippen molar-refractivity contribution in [1.82, 2.24) is 25.1 Å². The Balaban J connectivity index is 1.08. The Bertz CT molecular complexity index is 2300. The molecule has 0 spiro atoms. The van der Waals surface area contributed by atoms with Crippen LogP contribution >= 0.6 is 22.9 Å². The van der Waals surface area contributed by atoms with Crippen LogP contribution in [-0.4, -0.2) is 102 Å². The van der Waals surface area contributed by atoms with Gasteiger partial charge in [0.2, 0.25) is 5.91 Å². The zero-order valence-corrected chi connectivity index (χ0v) is 31.1. The predicted molar refractivity (Wildman–Crippen MR) is 199 cm³/mol. The number of likely N-dealkylation sites (N-methyl/N-ethyl adjacent to an activating group) is 1. The van der Waals surface area contributed by atoms with Crippen LogP contribution in [-0.2, 0) is 4.79 Å². The first-order valence-corrected chi connectivity index (χ1v) is 19.8. The zero-order chi connectivity index (χ0) is 37.2. The highest BCUT2D eigenvalue weighted by Crippen LogP contribution is 2.51. The minimum atomic E-state index is -0.886. The van der Waals surface area contributed by atoms with Gasteiger partial charge in [-0.1, -0.05) is 17.7 Å². The number of likely N-dealkylation sites (tertiary alicyclic amines) is 1. The number of hydrogen-bond acceptors (Lipinski definition) is 11. The highest BCUT2D eigenvalue weighted by molar-refractivity contribution is 7.23. The van der Waals surface area contributed by atoms with Crippen molar-refractivity contribution >= 4 is 60.7 Å². The van der Waals surface area contributed by atoms with Gasteiger partial charge in [-0.2, -0.15) is 15.2 Å². The summed E-state index contributed by atoms with van der Waals surface area (Å²) in [5.41, 5.74) is 5.79. The summed E-state index contributed by atoms with van der Waals surface area (Å²) in [5.74, 6) is -0.476. The van der Waals surface area contributed by atoms with Crippen LogP contribution in [0.15, 0.2) is 12.1 Å². The van der Waals surface area contributed by atoms with Crippen molar-refractivity contribution in [2.45, 2.75) is 68.4 Å². The smallest absolute Gasteiger partial charge is 0.319 e. The molecular formula is C38H38ClF3N8O3S. The number of carbonyl (C=O) groups is 1. The van der Waals surface area contributed by atoms with E-state index < -0.39 is 17.8 Å². The molecule has 3 N–H and O–H groups in total. The molecule has 11 nitrogen and oxygen atoms in total. The quantitative estimate of drug-likeness (QED) is 0.226. The molecule has 2 aromatic heterocycles. The summed E-state index contributed by atoms with van der Waals surface area (Å²) < 4.78 is 59.9. The van der Waals surface area contributed by atoms with Gasteiger partial charge in [0.15, 0.2) is 11.6 Å². The Morgan fingerprint density at radius 3 is 2.85 bits per heavy atom. The summed E-state index contributed by atoms with van der Waals surface area (Å²) in [7, 11) is 1.86. The molecule has 0 bridgehead atoms. The summed E-state index contributed by atoms with van der Waals surface area (Å²) in [6.45, 7) is 2.50. The molecule has 1 amide bonds. The fourth-order valence-electron chi connectivity index (χ4n) is 9.80. The average molecular weight is 779 g/mol. The zero-order valence-electron chi connectivity index (χ0n) is 29.5. The molecule has 7 heterocycles. The average Bonchev–Trinajstić information content (AvgIpc) is 4.00. The van der Waals surface area contributed by atoms with Crippen molar-refractivity contribution in [2.24, 2.45) is 11.8 Å². The van der Waals surface area contributed by atoms with Crippen molar-refractivity contribution < 1.29 is 27.4 Å². The van der Waals surface area contributed by atoms with Crippen molar-refractivity contribution in [2.75, 3.05) is 57.1 Å². The van der Waals surface area contributed by atoms with E-state index in [-0.39, 0.29) is 108 Å². The van der Waals surface area contributed by atoms with E-state index in [0.29, 0.717) is 44.2 Å². The van der Waals surface area contributed by atoms with Gasteiger partial charge in [0.1, 0.15) is 40.4 Å². The number of nitrogens with zero attached hydrogens (tertiary/aromatic N) is 6. The number of anilines is 2. The number of benzene rings is 2. The Morgan fingerprint density at radius 2 is 2.06 bits per heavy atom. The molecule has 54 heavy (non-hydrogen) atoms. The molecule has 10 rings (SSSR count). The van der Waals surface area contributed by atoms with Crippen molar-refractivity contribution in [3.63, 3.8) is 0 Å². The monoisotopic (exact) mass is 778 g/mol. The maximum atomic E-state index is 17.4. The second-order valence-corrected chi connectivity index (χ2v) is 17.2. The van der Waals surface area contributed by atoms with Crippen molar-refractivity contribution in [3.8, 4) is 29.0 Å². The highest BCUT2D eigenvalue weighted by atomic mass is 35.5. The maximum Gasteiger partial charge on any atom is 0.319 e. The molecule has 1 saturated carbocycles. The number of amides is 1. The Kier molecular flexibility index (Phi) is 7.93. The van der Waals surface area contributed by atoms with Crippen molar-refractivity contribution in [3.05, 3.63) is 34.4 Å². The number of aromatic nitrogens is 2. The summed E-state index contributed by atoms with van der Waals surface area (Å²) in [6, 6.07) is 4.39. The molecule has 1 aliphatic carbocycles. The molecule has 5 aliphatic heterocycles. The number of alkyl halides is 1. The molecule has 2 aromatic carbocycles. The van der Waals surface area contributed by atoms with Gasteiger partial charge < -0.3 is 25.0 Å². The second-order valence-electron chi connectivity index (χ2n) is 15.8. The number of ether oxygens (including phenoxy) is 2. The van der Waals surface area contributed by atoms with Crippen LogP contribution in [0.1, 0.15) is 44.1 Å². The molecule has 0 radical (unpaired) electrons. The van der Waals surface area contributed by atoms with Crippen LogP contribution in [0.5, 0.6) is 11.8 Å². The van der Waals surface area contributed by atoms with Gasteiger partial charge in [0.25, 0.3) is 0 Å². The summed E-state index contributed by atoms with van der Waals surface area (Å²) in [4.78, 5) is 29.1. The number of rotatable bonds is 7. The van der Waals surface area contributed by atoms with Crippen LogP contribution in [0.4, 0.5) is 24.0 Å². The SMILES string of the molecule is CN1c2nc(OCC[C@@]34CCCN3C[C@H](F)C4)nc3c(F)c(-c4ccc(F)c5sc(N)c(C#N)c45)c(Cl)c(c23)OCC2CN(C(=O)[C@@H]3N[C@H]3C3CC3)CC21. The van der Waals surface area contributed by atoms with Gasteiger partial charge in [-0.15, -0.1) is 11.3 Å². The van der Waals surface area contributed by atoms with E-state index in [1.54, 1.807) is 0 Å². The van der Waals surface area contributed by atoms with Crippen LogP contribution in [0.25, 0.3) is 32.1 Å². The fourth-order valence-corrected chi connectivity index (χ4v) is 11.1. The number of hydrogen-bond donors (Lipinski definition) is 2. The molecule has 6 atom stereocenters. The van der Waals surface area contributed by atoms with E-state index in [9.17, 15) is 14.4 Å². The predicted octanol–water partition coefficient (Wildman–Crippen LogP) is 5.65. The van der Waals surface area contributed by atoms with Gasteiger partial charge in [0.05, 0.1) is 39.9 Å². The van der Waals surface area contributed by atoms with Crippen LogP contribution in [0.2, 0.25) is 5.02 Å². The number of thiophene rings is 1. The minimum absolute atomic E-state index is 0.0196. The number of nitrogens with one attached hydrogen (secondary N) is 1. The number of fused-ring (bicyclic) bond motifs is 3. The molecule has 282 valence electrons. The summed E-state index contributed by atoms with van der Waals surface area (Å²) >= 11 is 8.05. The standard InChI is InChI=1S/C38H38ClF3N8O3S/c1-48-23-15-49(36(51)31-29(45-31)17-3-4-17)13-18(23)16-53-32-26-30(46-37(47-35(26)48)52-10-8-38-7-2-9-50(38)14-19(40)11-38)28(42)25(27(32)39)20-5-6-22(41)33-24(20)21(12-43)34(44)54-33/h5-6,17-19,23,29,31,45H,2-4,7-11,13-16,44H2,1H3/t18?,19-,23?,29+,31-,38-/m1/s1. The molecular weight excluding hydrogens is 741 g/mol. The number of nitriles is 1. The third-order valence-electron chi connectivity index (χ3n) is 12.7. The molecule has 6 aliphatic rings. The molecule has 4 aromatic rings. The first kappa shape index (κ1) is 34.4. The minimum Gasteiger partial charge on any atom is -0.491 e. The Morgan fingerprint density at radius 1 is 1.22 bits per heavy atom. The number of carbonyl (C=O) groups excluding carboxylic acids is 1. The van der Waals surface area contributed by atoms with Gasteiger partial charge in [0, 0.05) is 61.6 Å². The van der Waals surface area contributed by atoms with Crippen LogP contribution in [0, 0.1) is 34.8 Å². The van der Waals surface area contributed by atoms with Crippen molar-refractivity contribution in [1.29, 1.82) is 5.26 Å². The van der Waals surface area contributed by atoms with E-state index in [0.717, 1.165) is 43.6 Å². The molecule has 16 heteroatoms. The number of halogens is 4. The second kappa shape index (κ2) is 12.5. The van der Waals surface area contributed by atoms with Gasteiger partial charge in [-0.3, -0.25) is 15.0 Å². The molecule has 4 saturated heterocycles. The maximum absolute atomic E-state index is 17.4. The van der Waals surface area contributed by atoms with Gasteiger partial charge >= 0.3 is 6.01 Å². The van der Waals surface area contributed by atoms with Crippen LogP contribution < -0.4 is 25.4 Å².